The lowest BCUT2D eigenvalue weighted by atomic mass is 10.1. The number of guanidine groups is 1. The number of aliphatic imine (C=N–C) groups is 1. The minimum atomic E-state index is 0. The van der Waals surface area contributed by atoms with Gasteiger partial charge in [0.05, 0.1) is 14.2 Å². The molecule has 0 radical (unpaired) electrons. The molecule has 0 aromatic heterocycles. The second kappa shape index (κ2) is 14.8. The molecule has 0 heterocycles. The van der Waals surface area contributed by atoms with Gasteiger partial charge in [-0.2, -0.15) is 0 Å². The molecule has 0 fully saturated rings. The number of nitrogens with zero attached hydrogens (tertiary/aromatic N) is 2. The minimum Gasteiger partial charge on any atom is -0.497 e. The Bertz CT molecular complexity index is 551. The van der Waals surface area contributed by atoms with Crippen LogP contribution in [0.5, 0.6) is 11.5 Å². The second-order valence-electron chi connectivity index (χ2n) is 6.32. The maximum absolute atomic E-state index is 5.45. The first-order valence-corrected chi connectivity index (χ1v) is 9.48. The molecular weight excluding hydrogens is 455 g/mol. The Morgan fingerprint density at radius 3 is 2.44 bits per heavy atom. The molecule has 7 heteroatoms. The molecule has 0 aliphatic heterocycles. The van der Waals surface area contributed by atoms with Crippen molar-refractivity contribution in [3.05, 3.63) is 23.8 Å². The highest BCUT2D eigenvalue weighted by Crippen LogP contribution is 2.24. The van der Waals surface area contributed by atoms with Gasteiger partial charge in [-0.25, -0.2) is 0 Å². The van der Waals surface area contributed by atoms with Crippen LogP contribution in [0.25, 0.3) is 0 Å². The van der Waals surface area contributed by atoms with Crippen LogP contribution in [-0.2, 0) is 6.54 Å². The molecule has 0 saturated heterocycles. The maximum Gasteiger partial charge on any atom is 0.191 e. The number of ether oxygens (including phenoxy) is 2. The van der Waals surface area contributed by atoms with E-state index in [0.29, 0.717) is 12.6 Å². The van der Waals surface area contributed by atoms with Gasteiger partial charge in [-0.3, -0.25) is 4.99 Å². The summed E-state index contributed by atoms with van der Waals surface area (Å²) in [6.45, 7) is 10.6. The molecule has 0 aliphatic carbocycles. The molecule has 0 amide bonds. The molecule has 0 bridgehead atoms. The molecule has 0 saturated carbocycles. The van der Waals surface area contributed by atoms with E-state index in [1.165, 1.54) is 6.42 Å². The fraction of sp³-hybridized carbons (Fsp3) is 0.650. The van der Waals surface area contributed by atoms with E-state index in [-0.39, 0.29) is 24.0 Å². The van der Waals surface area contributed by atoms with Gasteiger partial charge in [0, 0.05) is 31.3 Å². The summed E-state index contributed by atoms with van der Waals surface area (Å²) in [5, 5.41) is 6.82. The molecule has 27 heavy (non-hydrogen) atoms. The second-order valence-corrected chi connectivity index (χ2v) is 6.32. The summed E-state index contributed by atoms with van der Waals surface area (Å²) >= 11 is 0. The van der Waals surface area contributed by atoms with Crippen molar-refractivity contribution in [3.8, 4) is 11.5 Å². The zero-order chi connectivity index (χ0) is 19.4. The molecule has 2 N–H and O–H groups in total. The predicted octanol–water partition coefficient (Wildman–Crippen LogP) is 3.50. The van der Waals surface area contributed by atoms with Crippen LogP contribution in [0.15, 0.2) is 23.2 Å². The van der Waals surface area contributed by atoms with Crippen molar-refractivity contribution >= 4 is 29.9 Å². The third-order valence-corrected chi connectivity index (χ3v) is 4.55. The van der Waals surface area contributed by atoms with E-state index in [9.17, 15) is 0 Å². The van der Waals surface area contributed by atoms with Gasteiger partial charge in [0.1, 0.15) is 11.5 Å². The van der Waals surface area contributed by atoms with Gasteiger partial charge in [0.2, 0.25) is 0 Å². The summed E-state index contributed by atoms with van der Waals surface area (Å²) in [5.41, 5.74) is 1.06. The van der Waals surface area contributed by atoms with E-state index in [1.54, 1.807) is 21.3 Å². The van der Waals surface area contributed by atoms with Crippen LogP contribution < -0.4 is 20.1 Å². The summed E-state index contributed by atoms with van der Waals surface area (Å²) in [6.07, 6.45) is 2.29. The van der Waals surface area contributed by atoms with Gasteiger partial charge in [-0.15, -0.1) is 24.0 Å². The van der Waals surface area contributed by atoms with Crippen LogP contribution in [-0.4, -0.2) is 57.8 Å². The first-order chi connectivity index (χ1) is 12.6. The summed E-state index contributed by atoms with van der Waals surface area (Å²) in [5.74, 6) is 2.40. The molecule has 0 aliphatic rings. The smallest absolute Gasteiger partial charge is 0.191 e. The van der Waals surface area contributed by atoms with E-state index in [1.807, 2.05) is 18.2 Å². The first-order valence-electron chi connectivity index (χ1n) is 9.48. The summed E-state index contributed by atoms with van der Waals surface area (Å²) in [6, 6.07) is 6.20. The van der Waals surface area contributed by atoms with Crippen LogP contribution in [0.1, 0.15) is 39.2 Å². The highest BCUT2D eigenvalue weighted by Gasteiger charge is 2.09. The lowest BCUT2D eigenvalue weighted by Crippen LogP contribution is -2.42. The molecule has 1 aromatic carbocycles. The van der Waals surface area contributed by atoms with E-state index in [4.69, 9.17) is 9.47 Å². The highest BCUT2D eigenvalue weighted by molar-refractivity contribution is 14.0. The van der Waals surface area contributed by atoms with Crippen molar-refractivity contribution < 1.29 is 9.47 Å². The Morgan fingerprint density at radius 1 is 1.19 bits per heavy atom. The number of hydrogen-bond donors (Lipinski definition) is 2. The van der Waals surface area contributed by atoms with Gasteiger partial charge in [0.25, 0.3) is 0 Å². The zero-order valence-electron chi connectivity index (χ0n) is 17.7. The number of nitrogens with one attached hydrogen (secondary N) is 2. The summed E-state index contributed by atoms with van der Waals surface area (Å²) in [7, 11) is 5.12. The van der Waals surface area contributed by atoms with E-state index in [0.717, 1.165) is 49.1 Å². The van der Waals surface area contributed by atoms with Crippen molar-refractivity contribution in [1.29, 1.82) is 0 Å². The quantitative estimate of drug-likeness (QED) is 0.282. The van der Waals surface area contributed by atoms with Crippen molar-refractivity contribution in [2.75, 3.05) is 40.9 Å². The van der Waals surface area contributed by atoms with Gasteiger partial charge in [-0.1, -0.05) is 13.8 Å². The van der Waals surface area contributed by atoms with Crippen LogP contribution in [0.4, 0.5) is 0 Å². The maximum atomic E-state index is 5.45. The van der Waals surface area contributed by atoms with E-state index < -0.39 is 0 Å². The monoisotopic (exact) mass is 492 g/mol. The van der Waals surface area contributed by atoms with Gasteiger partial charge in [0.15, 0.2) is 5.96 Å². The minimum absolute atomic E-state index is 0. The van der Waals surface area contributed by atoms with Crippen molar-refractivity contribution in [1.82, 2.24) is 15.5 Å². The van der Waals surface area contributed by atoms with Crippen LogP contribution >= 0.6 is 24.0 Å². The molecule has 1 rings (SSSR count). The normalized spacial score (nSPS) is 12.3. The highest BCUT2D eigenvalue weighted by atomic mass is 127. The summed E-state index contributed by atoms with van der Waals surface area (Å²) < 4.78 is 10.7. The average molecular weight is 492 g/mol. The molecule has 1 atom stereocenters. The number of benzene rings is 1. The fourth-order valence-electron chi connectivity index (χ4n) is 2.84. The summed E-state index contributed by atoms with van der Waals surface area (Å²) in [4.78, 5) is 6.78. The number of halogens is 1. The Morgan fingerprint density at radius 2 is 1.89 bits per heavy atom. The third-order valence-electron chi connectivity index (χ3n) is 4.55. The lowest BCUT2D eigenvalue weighted by Gasteiger charge is -2.21. The number of methoxy groups -OCH3 is 2. The Labute approximate surface area is 182 Å². The Hall–Kier alpha value is -1.22. The molecule has 6 nitrogen and oxygen atoms in total. The molecule has 0 spiro atoms. The van der Waals surface area contributed by atoms with Crippen molar-refractivity contribution in [3.63, 3.8) is 0 Å². The largest absolute Gasteiger partial charge is 0.497 e. The van der Waals surface area contributed by atoms with Crippen LogP contribution in [0, 0.1) is 0 Å². The number of rotatable bonds is 11. The molecule has 1 unspecified atom stereocenters. The predicted molar refractivity (Wildman–Crippen MR) is 125 cm³/mol. The zero-order valence-corrected chi connectivity index (χ0v) is 20.0. The molecule has 1 aromatic rings. The van der Waals surface area contributed by atoms with Gasteiger partial charge >= 0.3 is 0 Å². The lowest BCUT2D eigenvalue weighted by molar-refractivity contribution is 0.292. The molecule has 156 valence electrons. The van der Waals surface area contributed by atoms with Gasteiger partial charge in [-0.05, 0) is 51.5 Å². The van der Waals surface area contributed by atoms with Crippen molar-refractivity contribution in [2.45, 2.75) is 46.2 Å². The average Bonchev–Trinajstić information content (AvgIpc) is 2.68. The van der Waals surface area contributed by atoms with Crippen LogP contribution in [0.3, 0.4) is 0 Å². The third kappa shape index (κ3) is 9.51. The van der Waals surface area contributed by atoms with E-state index in [2.05, 4.69) is 41.3 Å². The number of hydrogen-bond acceptors (Lipinski definition) is 4. The van der Waals surface area contributed by atoms with Gasteiger partial charge < -0.3 is 25.0 Å². The van der Waals surface area contributed by atoms with Crippen LogP contribution in [0.2, 0.25) is 0 Å². The topological polar surface area (TPSA) is 58.1 Å². The Kier molecular flexibility index (Phi) is 14.1. The van der Waals surface area contributed by atoms with E-state index >= 15 is 0 Å². The standard InChI is InChI=1S/C20H36N4O2.HI/c1-7-24(8-2)13-9-10-16(3)23-20(21-4)22-15-17-11-12-18(25-5)14-19(17)26-6;/h11-12,14,16H,7-10,13,15H2,1-6H3,(H2,21,22,23);1H. The SMILES string of the molecule is CCN(CC)CCCC(C)NC(=NC)NCc1ccc(OC)cc1OC.I. The van der Waals surface area contributed by atoms with Crippen molar-refractivity contribution in [2.24, 2.45) is 4.99 Å². The molecular formula is C20H37IN4O2. The first kappa shape index (κ1) is 25.8. The fourth-order valence-corrected chi connectivity index (χ4v) is 2.84. The Balaban J connectivity index is 0.00000676.